The van der Waals surface area contributed by atoms with Gasteiger partial charge < -0.3 is 35.3 Å². The van der Waals surface area contributed by atoms with Crippen molar-refractivity contribution < 1.29 is 28.5 Å². The Kier molecular flexibility index (Phi) is 12.4. The van der Waals surface area contributed by atoms with Crippen LogP contribution in [0.25, 0.3) is 22.3 Å². The molecular weight excluding hydrogens is 811 g/mol. The van der Waals surface area contributed by atoms with Crippen molar-refractivity contribution >= 4 is 23.2 Å². The van der Waals surface area contributed by atoms with Crippen molar-refractivity contribution in [3.63, 3.8) is 0 Å². The second-order valence-corrected chi connectivity index (χ2v) is 18.5. The van der Waals surface area contributed by atoms with Crippen molar-refractivity contribution in [1.82, 2.24) is 0 Å². The van der Waals surface area contributed by atoms with Gasteiger partial charge in [-0.1, -0.05) is 99.5 Å². The van der Waals surface area contributed by atoms with Gasteiger partial charge in [-0.05, 0) is 162 Å². The summed E-state index contributed by atoms with van der Waals surface area (Å²) in [5.41, 5.74) is 17.7. The maximum atomic E-state index is 13.4. The number of nitrogens with two attached hydrogens (primary N) is 1. The summed E-state index contributed by atoms with van der Waals surface area (Å²) in [6, 6.07) is 41.0. The summed E-state index contributed by atoms with van der Waals surface area (Å²) in [5, 5.41) is 6.33. The zero-order valence-electron chi connectivity index (χ0n) is 37.9. The monoisotopic (exact) mass is 869 g/mol. The summed E-state index contributed by atoms with van der Waals surface area (Å²) in [6.07, 6.45) is 8.30. The lowest BCUT2D eigenvalue weighted by molar-refractivity contribution is -0.119. The van der Waals surface area contributed by atoms with E-state index >= 15 is 0 Å². The van der Waals surface area contributed by atoms with Gasteiger partial charge in [0.15, 0.2) is 23.0 Å². The average Bonchev–Trinajstić information content (AvgIpc) is 4.22. The molecule has 9 heteroatoms. The summed E-state index contributed by atoms with van der Waals surface area (Å²) in [5.74, 6) is 3.76. The molecule has 0 aromatic heterocycles. The first kappa shape index (κ1) is 43.7. The summed E-state index contributed by atoms with van der Waals surface area (Å²) in [7, 11) is 0. The first-order valence-electron chi connectivity index (χ1n) is 23.1. The minimum absolute atomic E-state index is 0.0228. The molecule has 2 aliphatic carbocycles. The summed E-state index contributed by atoms with van der Waals surface area (Å²) < 4.78 is 21.8. The van der Waals surface area contributed by atoms with Gasteiger partial charge >= 0.3 is 0 Å². The van der Waals surface area contributed by atoms with E-state index in [2.05, 4.69) is 86.9 Å². The summed E-state index contributed by atoms with van der Waals surface area (Å²) in [6.45, 7) is 9.77. The van der Waals surface area contributed by atoms with Gasteiger partial charge in [0, 0.05) is 17.9 Å². The molecule has 2 aliphatic heterocycles. The lowest BCUT2D eigenvalue weighted by Gasteiger charge is -2.17. The molecule has 9 nitrogen and oxygen atoms in total. The molecule has 65 heavy (non-hydrogen) atoms. The molecule has 0 spiro atoms. The molecule has 0 unspecified atom stereocenters. The highest BCUT2D eigenvalue weighted by Gasteiger charge is 2.52. The smallest absolute Gasteiger partial charge is 0.235 e. The first-order chi connectivity index (χ1) is 31.5. The zero-order valence-corrected chi connectivity index (χ0v) is 37.9. The van der Waals surface area contributed by atoms with Gasteiger partial charge in [-0.15, -0.1) is 0 Å². The van der Waals surface area contributed by atoms with E-state index in [0.29, 0.717) is 12.3 Å². The number of unbranched alkanes of at least 4 members (excludes halogenated alkanes) is 1. The van der Waals surface area contributed by atoms with Crippen molar-refractivity contribution in [2.45, 2.75) is 96.4 Å². The molecule has 0 atom stereocenters. The number of carbonyl (C=O) groups excluding carboxylic acids is 2. The van der Waals surface area contributed by atoms with E-state index < -0.39 is 10.8 Å². The van der Waals surface area contributed by atoms with E-state index in [-0.39, 0.29) is 25.4 Å². The van der Waals surface area contributed by atoms with Crippen molar-refractivity contribution in [2.24, 2.45) is 11.7 Å². The van der Waals surface area contributed by atoms with E-state index in [0.717, 1.165) is 106 Å². The highest BCUT2D eigenvalue weighted by molar-refractivity contribution is 6.03. The quantitative estimate of drug-likeness (QED) is 0.0932. The topological polar surface area (TPSA) is 121 Å². The Hall–Kier alpha value is -6.58. The maximum Gasteiger partial charge on any atom is 0.235 e. The SMILES string of the molecule is Cc1ccc(NC(=O)C2(c3ccc4c(c3)OCO4)CC2)cc1-c1ccc(CCCCC(C)C)cc1.Cc1ccc(NC(=O)C2(c3ccc4c(c3)OCO4)CC2)cc1-c1ccc(CN)cc1. The van der Waals surface area contributed by atoms with E-state index in [1.54, 1.807) is 0 Å². The molecular formula is C56H59N3O6. The number of hydrogen-bond acceptors (Lipinski definition) is 7. The molecule has 2 saturated carbocycles. The van der Waals surface area contributed by atoms with Crippen LogP contribution in [0.2, 0.25) is 0 Å². The second kappa shape index (κ2) is 18.5. The molecule has 6 aromatic carbocycles. The maximum absolute atomic E-state index is 13.4. The molecule has 0 saturated heterocycles. The Morgan fingerprint density at radius 1 is 0.554 bits per heavy atom. The number of aryl methyl sites for hydroxylation is 3. The third-order valence-corrected chi connectivity index (χ3v) is 13.5. The molecule has 334 valence electrons. The minimum Gasteiger partial charge on any atom is -0.454 e. The number of fused-ring (bicyclic) bond motifs is 2. The van der Waals surface area contributed by atoms with Crippen LogP contribution in [0.3, 0.4) is 0 Å². The number of amides is 2. The van der Waals surface area contributed by atoms with Crippen LogP contribution < -0.4 is 35.3 Å². The van der Waals surface area contributed by atoms with Crippen LogP contribution in [0.1, 0.15) is 92.2 Å². The van der Waals surface area contributed by atoms with Crippen LogP contribution in [-0.4, -0.2) is 25.4 Å². The Morgan fingerprint density at radius 3 is 1.43 bits per heavy atom. The largest absolute Gasteiger partial charge is 0.454 e. The molecule has 6 aromatic rings. The lowest BCUT2D eigenvalue weighted by Crippen LogP contribution is -2.27. The number of hydrogen-bond donors (Lipinski definition) is 3. The predicted octanol–water partition coefficient (Wildman–Crippen LogP) is 11.9. The number of ether oxygens (including phenoxy) is 4. The van der Waals surface area contributed by atoms with E-state index in [4.69, 9.17) is 24.7 Å². The van der Waals surface area contributed by atoms with E-state index in [1.165, 1.54) is 36.0 Å². The van der Waals surface area contributed by atoms with Crippen molar-refractivity contribution in [1.29, 1.82) is 0 Å². The average molecular weight is 870 g/mol. The van der Waals surface area contributed by atoms with E-state index in [9.17, 15) is 9.59 Å². The molecule has 4 N–H and O–H groups in total. The number of carbonyl (C=O) groups is 2. The van der Waals surface area contributed by atoms with Gasteiger partial charge in [-0.25, -0.2) is 0 Å². The third-order valence-electron chi connectivity index (χ3n) is 13.5. The molecule has 4 aliphatic rings. The van der Waals surface area contributed by atoms with Crippen LogP contribution in [-0.2, 0) is 33.4 Å². The number of nitrogens with one attached hydrogen (secondary N) is 2. The van der Waals surface area contributed by atoms with Gasteiger partial charge in [0.2, 0.25) is 25.4 Å². The van der Waals surface area contributed by atoms with Crippen LogP contribution in [0.15, 0.2) is 121 Å². The Bertz CT molecular complexity index is 2700. The van der Waals surface area contributed by atoms with Crippen molar-refractivity contribution in [2.75, 3.05) is 24.2 Å². The lowest BCUT2D eigenvalue weighted by atomic mass is 9.94. The van der Waals surface area contributed by atoms with Gasteiger partial charge in [0.25, 0.3) is 0 Å². The number of benzene rings is 6. The zero-order chi connectivity index (χ0) is 45.1. The standard InChI is InChI=1S/C31H35NO3.C25H24N2O3/c1-21(2)6-4-5-7-23-9-11-24(12-10-23)27-19-26(14-8-22(27)3)32-30(33)31(16-17-31)25-13-15-28-29(18-25)35-20-34-28;1-16-2-8-20(13-21(16)18-5-3-17(14-26)4-6-18)27-24(28)25(10-11-25)19-7-9-22-23(12-19)30-15-29-22/h8-15,18-19,21H,4-7,16-17,20H2,1-3H3,(H,32,33);2-9,12-13H,10-11,14-15,26H2,1H3,(H,27,28). The Balaban J connectivity index is 0.000000166. The van der Waals surface area contributed by atoms with Gasteiger partial charge in [0.05, 0.1) is 10.8 Å². The third kappa shape index (κ3) is 9.48. The normalized spacial score (nSPS) is 15.5. The Morgan fingerprint density at radius 2 is 1.00 bits per heavy atom. The first-order valence-corrected chi connectivity index (χ1v) is 23.1. The van der Waals surface area contributed by atoms with Crippen molar-refractivity contribution in [3.05, 3.63) is 155 Å². The van der Waals surface area contributed by atoms with Gasteiger partial charge in [-0.3, -0.25) is 9.59 Å². The summed E-state index contributed by atoms with van der Waals surface area (Å²) >= 11 is 0. The summed E-state index contributed by atoms with van der Waals surface area (Å²) in [4.78, 5) is 26.6. The van der Waals surface area contributed by atoms with Gasteiger partial charge in [0.1, 0.15) is 0 Å². The van der Waals surface area contributed by atoms with Crippen LogP contribution in [0.5, 0.6) is 23.0 Å². The molecule has 2 amide bonds. The molecule has 2 heterocycles. The highest BCUT2D eigenvalue weighted by atomic mass is 16.7. The Labute approximate surface area is 382 Å². The van der Waals surface area contributed by atoms with Crippen LogP contribution in [0, 0.1) is 19.8 Å². The van der Waals surface area contributed by atoms with Crippen LogP contribution in [0.4, 0.5) is 11.4 Å². The fourth-order valence-corrected chi connectivity index (χ4v) is 9.01. The molecule has 0 radical (unpaired) electrons. The fourth-order valence-electron chi connectivity index (χ4n) is 9.01. The van der Waals surface area contributed by atoms with Crippen molar-refractivity contribution in [3.8, 4) is 45.3 Å². The molecule has 2 fully saturated rings. The second-order valence-electron chi connectivity index (χ2n) is 18.5. The fraction of sp³-hybridized carbons (Fsp3) is 0.321. The molecule has 0 bridgehead atoms. The highest BCUT2D eigenvalue weighted by Crippen LogP contribution is 2.52. The predicted molar refractivity (Wildman–Crippen MR) is 258 cm³/mol. The number of anilines is 2. The molecule has 10 rings (SSSR count). The van der Waals surface area contributed by atoms with E-state index in [1.807, 2.05) is 72.8 Å². The van der Waals surface area contributed by atoms with Gasteiger partial charge in [-0.2, -0.15) is 0 Å². The van der Waals surface area contributed by atoms with Crippen LogP contribution >= 0.6 is 0 Å². The number of rotatable bonds is 14. The minimum atomic E-state index is -0.491.